The molecule has 1 saturated heterocycles. The molecule has 0 radical (unpaired) electrons. The molecule has 2 N–H and O–H groups in total. The first kappa shape index (κ1) is 21.3. The third kappa shape index (κ3) is 6.87. The van der Waals surface area contributed by atoms with E-state index in [1.165, 1.54) is 17.0 Å². The minimum absolute atomic E-state index is 0.0221. The van der Waals surface area contributed by atoms with E-state index in [1.807, 2.05) is 18.2 Å². The Morgan fingerprint density at radius 3 is 2.55 bits per heavy atom. The molecule has 1 amide bonds. The molecule has 0 aromatic heterocycles. The molecule has 0 spiro atoms. The van der Waals surface area contributed by atoms with Crippen LogP contribution in [-0.2, 0) is 11.2 Å². The summed E-state index contributed by atoms with van der Waals surface area (Å²) in [6.45, 7) is 1.69. The number of benzene rings is 2. The monoisotopic (exact) mass is 424 g/mol. The molecule has 5 nitrogen and oxygen atoms in total. The lowest BCUT2D eigenvalue weighted by Crippen LogP contribution is -3.16. The van der Waals surface area contributed by atoms with Gasteiger partial charge in [-0.2, -0.15) is 8.78 Å². The Labute approximate surface area is 174 Å². The van der Waals surface area contributed by atoms with Gasteiger partial charge in [0.25, 0.3) is 5.91 Å². The molecule has 156 valence electrons. The molecular weight excluding hydrogens is 400 g/mol. The summed E-state index contributed by atoms with van der Waals surface area (Å²) in [6.07, 6.45) is 0.637. The summed E-state index contributed by atoms with van der Waals surface area (Å²) in [6, 6.07) is 14.3. The summed E-state index contributed by atoms with van der Waals surface area (Å²) in [7, 11) is 0. The summed E-state index contributed by atoms with van der Waals surface area (Å²) in [5.74, 6) is 0.155. The molecule has 29 heavy (non-hydrogen) atoms. The summed E-state index contributed by atoms with van der Waals surface area (Å²) in [5.41, 5.74) is 2.07. The Balaban J connectivity index is 1.35. The van der Waals surface area contributed by atoms with E-state index in [-0.39, 0.29) is 11.7 Å². The van der Waals surface area contributed by atoms with Gasteiger partial charge >= 0.3 is 6.61 Å². The van der Waals surface area contributed by atoms with Crippen LogP contribution in [0.5, 0.6) is 5.75 Å². The highest BCUT2D eigenvalue weighted by molar-refractivity contribution is 6.30. The van der Waals surface area contributed by atoms with Crippen LogP contribution in [0.3, 0.4) is 0 Å². The molecule has 2 aromatic rings. The molecule has 0 bridgehead atoms. The first-order valence-corrected chi connectivity index (χ1v) is 10.0. The lowest BCUT2D eigenvalue weighted by Gasteiger charge is -2.33. The molecule has 0 atom stereocenters. The predicted molar refractivity (Wildman–Crippen MR) is 109 cm³/mol. The Bertz CT molecular complexity index is 797. The van der Waals surface area contributed by atoms with Crippen molar-refractivity contribution in [3.05, 3.63) is 59.1 Å². The molecule has 1 fully saturated rings. The van der Waals surface area contributed by atoms with Crippen LogP contribution < -0.4 is 19.9 Å². The van der Waals surface area contributed by atoms with Gasteiger partial charge in [0, 0.05) is 17.3 Å². The highest BCUT2D eigenvalue weighted by Crippen LogP contribution is 2.19. The fraction of sp³-hybridized carbons (Fsp3) is 0.381. The predicted octanol–water partition coefficient (Wildman–Crippen LogP) is 2.01. The van der Waals surface area contributed by atoms with Crippen LogP contribution in [0.15, 0.2) is 48.5 Å². The van der Waals surface area contributed by atoms with E-state index in [0.29, 0.717) is 19.5 Å². The smallest absolute Gasteiger partial charge is 0.387 e. The maximum atomic E-state index is 12.2. The van der Waals surface area contributed by atoms with Gasteiger partial charge in [-0.3, -0.25) is 4.79 Å². The molecule has 8 heteroatoms. The third-order valence-corrected chi connectivity index (χ3v) is 5.17. The van der Waals surface area contributed by atoms with Gasteiger partial charge in [-0.15, -0.1) is 0 Å². The fourth-order valence-electron chi connectivity index (χ4n) is 3.40. The zero-order chi connectivity index (χ0) is 20.6. The van der Waals surface area contributed by atoms with Gasteiger partial charge in [0.2, 0.25) is 0 Å². The van der Waals surface area contributed by atoms with E-state index in [0.717, 1.165) is 42.5 Å². The number of rotatable bonds is 8. The van der Waals surface area contributed by atoms with Crippen LogP contribution in [0.4, 0.5) is 14.5 Å². The number of piperazine rings is 1. The maximum Gasteiger partial charge on any atom is 0.387 e. The highest BCUT2D eigenvalue weighted by Gasteiger charge is 2.22. The number of halogens is 3. The number of anilines is 1. The second-order valence-corrected chi connectivity index (χ2v) is 7.45. The van der Waals surface area contributed by atoms with Gasteiger partial charge < -0.3 is 19.9 Å². The summed E-state index contributed by atoms with van der Waals surface area (Å²) in [4.78, 5) is 15.8. The number of hydrogen-bond donors (Lipinski definition) is 2. The average Bonchev–Trinajstić information content (AvgIpc) is 2.69. The number of amides is 1. The summed E-state index contributed by atoms with van der Waals surface area (Å²) in [5, 5.41) is 3.66. The lowest BCUT2D eigenvalue weighted by molar-refractivity contribution is -0.892. The van der Waals surface area contributed by atoms with Crippen molar-refractivity contribution in [3.8, 4) is 5.75 Å². The third-order valence-electron chi connectivity index (χ3n) is 4.94. The fourth-order valence-corrected chi connectivity index (χ4v) is 3.59. The van der Waals surface area contributed by atoms with Crippen molar-refractivity contribution in [1.82, 2.24) is 5.32 Å². The van der Waals surface area contributed by atoms with Gasteiger partial charge in [0.05, 0.1) is 26.2 Å². The van der Waals surface area contributed by atoms with E-state index in [2.05, 4.69) is 21.0 Å². The maximum absolute atomic E-state index is 12.2. The van der Waals surface area contributed by atoms with Crippen molar-refractivity contribution in [2.24, 2.45) is 0 Å². The lowest BCUT2D eigenvalue weighted by atomic mass is 10.1. The molecule has 1 aliphatic heterocycles. The van der Waals surface area contributed by atoms with Gasteiger partial charge in [-0.05, 0) is 42.3 Å². The summed E-state index contributed by atoms with van der Waals surface area (Å²) >= 11 is 6.06. The second-order valence-electron chi connectivity index (χ2n) is 7.02. The number of nitrogens with one attached hydrogen (secondary N) is 2. The molecule has 0 saturated carbocycles. The van der Waals surface area contributed by atoms with E-state index in [4.69, 9.17) is 11.6 Å². The largest absolute Gasteiger partial charge is 0.435 e. The van der Waals surface area contributed by atoms with Gasteiger partial charge in [0.15, 0.2) is 6.54 Å². The number of carbonyl (C=O) groups excluding carboxylic acids is 1. The molecule has 1 heterocycles. The van der Waals surface area contributed by atoms with Gasteiger partial charge in [-0.1, -0.05) is 29.8 Å². The number of nitrogens with zero attached hydrogens (tertiary/aromatic N) is 1. The standard InChI is InChI=1S/C21H24ClF2N3O2/c22-17-2-1-3-18(14-17)27-12-10-26(11-13-27)15-20(28)25-9-8-16-4-6-19(7-5-16)29-21(23)24/h1-7,14,21H,8-13,15H2,(H,25,28)/p+1. The van der Waals surface area contributed by atoms with Crippen molar-refractivity contribution in [3.63, 3.8) is 0 Å². The number of alkyl halides is 2. The molecule has 1 aliphatic rings. The Hall–Kier alpha value is -2.38. The topological polar surface area (TPSA) is 46.0 Å². The van der Waals surface area contributed by atoms with Crippen LogP contribution in [0.1, 0.15) is 5.56 Å². The number of ether oxygens (including phenoxy) is 1. The molecule has 3 rings (SSSR count). The normalized spacial score (nSPS) is 14.8. The van der Waals surface area contributed by atoms with E-state index >= 15 is 0 Å². The quantitative estimate of drug-likeness (QED) is 0.681. The van der Waals surface area contributed by atoms with Crippen LogP contribution >= 0.6 is 11.6 Å². The molecule has 0 aliphatic carbocycles. The van der Waals surface area contributed by atoms with Gasteiger partial charge in [0.1, 0.15) is 5.75 Å². The van der Waals surface area contributed by atoms with E-state index in [1.54, 1.807) is 12.1 Å². The van der Waals surface area contributed by atoms with Crippen molar-refractivity contribution in [2.45, 2.75) is 13.0 Å². The SMILES string of the molecule is O=C(C[NH+]1CCN(c2cccc(Cl)c2)CC1)NCCc1ccc(OC(F)F)cc1. The zero-order valence-electron chi connectivity index (χ0n) is 16.0. The first-order chi connectivity index (χ1) is 14.0. The first-order valence-electron chi connectivity index (χ1n) is 9.64. The van der Waals surface area contributed by atoms with Gasteiger partial charge in [-0.25, -0.2) is 0 Å². The zero-order valence-corrected chi connectivity index (χ0v) is 16.8. The van der Waals surface area contributed by atoms with Crippen molar-refractivity contribution in [1.29, 1.82) is 0 Å². The van der Waals surface area contributed by atoms with E-state index < -0.39 is 6.61 Å². The van der Waals surface area contributed by atoms with Crippen molar-refractivity contribution < 1.29 is 23.2 Å². The highest BCUT2D eigenvalue weighted by atomic mass is 35.5. The number of carbonyl (C=O) groups is 1. The Morgan fingerprint density at radius 1 is 1.17 bits per heavy atom. The van der Waals surface area contributed by atoms with Crippen LogP contribution in [0, 0.1) is 0 Å². The summed E-state index contributed by atoms with van der Waals surface area (Å²) < 4.78 is 28.6. The molecule has 0 unspecified atom stereocenters. The molecular formula is C21H25ClF2N3O2+. The molecule has 2 aromatic carbocycles. The van der Waals surface area contributed by atoms with Crippen LogP contribution in [-0.4, -0.2) is 51.8 Å². The number of hydrogen-bond acceptors (Lipinski definition) is 3. The minimum Gasteiger partial charge on any atom is -0.435 e. The Morgan fingerprint density at radius 2 is 1.90 bits per heavy atom. The second kappa shape index (κ2) is 10.4. The van der Waals surface area contributed by atoms with E-state index in [9.17, 15) is 13.6 Å². The van der Waals surface area contributed by atoms with Crippen molar-refractivity contribution >= 4 is 23.2 Å². The average molecular weight is 425 g/mol. The van der Waals surface area contributed by atoms with Crippen molar-refractivity contribution in [2.75, 3.05) is 44.2 Å². The Kier molecular flexibility index (Phi) is 7.66. The minimum atomic E-state index is -2.82. The van der Waals surface area contributed by atoms with Crippen LogP contribution in [0.2, 0.25) is 5.02 Å². The van der Waals surface area contributed by atoms with Crippen LogP contribution in [0.25, 0.3) is 0 Å². The number of quaternary nitrogens is 1.